The quantitative estimate of drug-likeness (QED) is 0.785. The number of hydrogen-bond acceptors (Lipinski definition) is 2. The Kier molecular flexibility index (Phi) is 3.37. The molecular weight excluding hydrogens is 204 g/mol. The highest BCUT2D eigenvalue weighted by molar-refractivity contribution is 7.98. The zero-order valence-electron chi connectivity index (χ0n) is 9.36. The Labute approximate surface area is 95.9 Å². The summed E-state index contributed by atoms with van der Waals surface area (Å²) in [6.07, 6.45) is 0.632. The van der Waals surface area contributed by atoms with E-state index >= 15 is 0 Å². The van der Waals surface area contributed by atoms with Crippen LogP contribution in [0, 0.1) is 0 Å². The lowest BCUT2D eigenvalue weighted by Gasteiger charge is -2.14. The van der Waals surface area contributed by atoms with Crippen LogP contribution < -0.4 is 0 Å². The van der Waals surface area contributed by atoms with Gasteiger partial charge in [0.1, 0.15) is 0 Å². The molecule has 1 nitrogen and oxygen atoms in total. The summed E-state index contributed by atoms with van der Waals surface area (Å²) in [4.78, 5) is 0. The van der Waals surface area contributed by atoms with E-state index in [0.717, 1.165) is 23.5 Å². The topological polar surface area (TPSA) is 20.2 Å². The van der Waals surface area contributed by atoms with Gasteiger partial charge in [0.05, 0.1) is 6.10 Å². The summed E-state index contributed by atoms with van der Waals surface area (Å²) in [5.74, 6) is 2.65. The molecule has 2 rings (SSSR count). The van der Waals surface area contributed by atoms with E-state index in [2.05, 4.69) is 32.0 Å². The minimum absolute atomic E-state index is 0.256. The maximum absolute atomic E-state index is 10.0. The van der Waals surface area contributed by atoms with Crippen molar-refractivity contribution in [2.75, 3.05) is 5.75 Å². The fourth-order valence-corrected chi connectivity index (χ4v) is 2.96. The largest absolute Gasteiger partial charge is 0.388 e. The van der Waals surface area contributed by atoms with Crippen LogP contribution in [0.1, 0.15) is 49.0 Å². The number of thioether (sulfide) groups is 1. The van der Waals surface area contributed by atoms with Crippen molar-refractivity contribution in [2.24, 2.45) is 0 Å². The molecule has 2 heteroatoms. The van der Waals surface area contributed by atoms with Crippen molar-refractivity contribution in [1.29, 1.82) is 0 Å². The monoisotopic (exact) mass is 222 g/mol. The summed E-state index contributed by atoms with van der Waals surface area (Å²) >= 11 is 1.92. The molecule has 1 aromatic carbocycles. The van der Waals surface area contributed by atoms with E-state index in [1.165, 1.54) is 11.1 Å². The van der Waals surface area contributed by atoms with Gasteiger partial charge in [-0.05, 0) is 34.8 Å². The van der Waals surface area contributed by atoms with Gasteiger partial charge in [-0.25, -0.2) is 0 Å². The van der Waals surface area contributed by atoms with Gasteiger partial charge < -0.3 is 5.11 Å². The highest BCUT2D eigenvalue weighted by Gasteiger charge is 2.17. The van der Waals surface area contributed by atoms with Gasteiger partial charge in [-0.2, -0.15) is 11.8 Å². The smallest absolute Gasteiger partial charge is 0.0801 e. The molecule has 0 saturated carbocycles. The average molecular weight is 222 g/mol. The summed E-state index contributed by atoms with van der Waals surface area (Å²) in [6, 6.07) is 6.57. The first-order valence-electron chi connectivity index (χ1n) is 5.57. The second kappa shape index (κ2) is 4.58. The van der Waals surface area contributed by atoms with Gasteiger partial charge in [0.2, 0.25) is 0 Å². The Morgan fingerprint density at radius 3 is 2.93 bits per heavy atom. The van der Waals surface area contributed by atoms with Gasteiger partial charge in [0, 0.05) is 5.75 Å². The second-order valence-corrected chi connectivity index (χ2v) is 5.58. The van der Waals surface area contributed by atoms with E-state index in [9.17, 15) is 5.11 Å². The number of rotatable bonds is 1. The Morgan fingerprint density at radius 1 is 1.40 bits per heavy atom. The third kappa shape index (κ3) is 2.37. The summed E-state index contributed by atoms with van der Waals surface area (Å²) in [5, 5.41) is 10.0. The molecule has 1 N–H and O–H groups in total. The molecule has 1 aliphatic heterocycles. The second-order valence-electron chi connectivity index (χ2n) is 4.47. The zero-order chi connectivity index (χ0) is 10.8. The van der Waals surface area contributed by atoms with Crippen LogP contribution in [0.25, 0.3) is 0 Å². The maximum atomic E-state index is 10.0. The van der Waals surface area contributed by atoms with Crippen LogP contribution in [0.4, 0.5) is 0 Å². The van der Waals surface area contributed by atoms with Crippen molar-refractivity contribution in [1.82, 2.24) is 0 Å². The van der Waals surface area contributed by atoms with Crippen molar-refractivity contribution < 1.29 is 5.11 Å². The molecule has 0 aromatic heterocycles. The van der Waals surface area contributed by atoms with Gasteiger partial charge in [-0.1, -0.05) is 32.0 Å². The Bertz CT molecular complexity index is 346. The molecule has 0 fully saturated rings. The molecule has 0 saturated heterocycles. The number of hydrogen-bond donors (Lipinski definition) is 1. The van der Waals surface area contributed by atoms with E-state index in [4.69, 9.17) is 0 Å². The van der Waals surface area contributed by atoms with E-state index in [1.807, 2.05) is 11.8 Å². The van der Waals surface area contributed by atoms with Crippen LogP contribution in [0.2, 0.25) is 0 Å². The van der Waals surface area contributed by atoms with Crippen LogP contribution in [0.3, 0.4) is 0 Å². The molecule has 0 radical (unpaired) electrons. The lowest BCUT2D eigenvalue weighted by molar-refractivity contribution is 0.175. The summed E-state index contributed by atoms with van der Waals surface area (Å²) < 4.78 is 0. The predicted octanol–water partition coefficient (Wildman–Crippen LogP) is 3.48. The van der Waals surface area contributed by atoms with Crippen molar-refractivity contribution in [3.63, 3.8) is 0 Å². The molecule has 0 bridgehead atoms. The van der Waals surface area contributed by atoms with E-state index in [1.54, 1.807) is 0 Å². The normalized spacial score (nSPS) is 21.2. The summed E-state index contributed by atoms with van der Waals surface area (Å²) in [5.41, 5.74) is 3.81. The average Bonchev–Trinajstić information content (AvgIpc) is 2.40. The molecule has 0 spiro atoms. The van der Waals surface area contributed by atoms with E-state index in [0.29, 0.717) is 5.92 Å². The molecule has 1 heterocycles. The van der Waals surface area contributed by atoms with Crippen LogP contribution in [0.15, 0.2) is 18.2 Å². The SMILES string of the molecule is CC(C)c1ccc2c(c1)[C@H](O)CCSC2. The van der Waals surface area contributed by atoms with Gasteiger partial charge >= 0.3 is 0 Å². The Morgan fingerprint density at radius 2 is 2.20 bits per heavy atom. The molecule has 82 valence electrons. The van der Waals surface area contributed by atoms with E-state index < -0.39 is 0 Å². The van der Waals surface area contributed by atoms with Gasteiger partial charge in [-0.15, -0.1) is 0 Å². The third-order valence-electron chi connectivity index (χ3n) is 2.99. The molecule has 0 aliphatic carbocycles. The first-order chi connectivity index (χ1) is 7.18. The maximum Gasteiger partial charge on any atom is 0.0801 e. The zero-order valence-corrected chi connectivity index (χ0v) is 10.2. The first-order valence-corrected chi connectivity index (χ1v) is 6.72. The number of fused-ring (bicyclic) bond motifs is 1. The standard InChI is InChI=1S/C13H18OS/c1-9(2)10-3-4-11-8-15-6-5-13(14)12(11)7-10/h3-4,7,9,13-14H,5-6,8H2,1-2H3/t13-/m1/s1. The van der Waals surface area contributed by atoms with Crippen LogP contribution in [-0.4, -0.2) is 10.9 Å². The molecule has 0 unspecified atom stereocenters. The molecule has 1 aromatic rings. The summed E-state index contributed by atoms with van der Waals surface area (Å²) in [6.45, 7) is 4.39. The van der Waals surface area contributed by atoms with Gasteiger partial charge in [-0.3, -0.25) is 0 Å². The molecule has 1 aliphatic rings. The molecule has 1 atom stereocenters. The predicted molar refractivity (Wildman–Crippen MR) is 66.3 cm³/mol. The fourth-order valence-electron chi connectivity index (χ4n) is 1.95. The van der Waals surface area contributed by atoms with Crippen LogP contribution in [-0.2, 0) is 5.75 Å². The summed E-state index contributed by atoms with van der Waals surface area (Å²) in [7, 11) is 0. The first kappa shape index (κ1) is 11.0. The Hall–Kier alpha value is -0.470. The Balaban J connectivity index is 2.39. The van der Waals surface area contributed by atoms with Crippen molar-refractivity contribution in [2.45, 2.75) is 38.0 Å². The number of aliphatic hydroxyl groups is 1. The molecular formula is C13H18OS. The van der Waals surface area contributed by atoms with Crippen LogP contribution >= 0.6 is 11.8 Å². The fraction of sp³-hybridized carbons (Fsp3) is 0.538. The van der Waals surface area contributed by atoms with Crippen LogP contribution in [0.5, 0.6) is 0 Å². The van der Waals surface area contributed by atoms with Gasteiger partial charge in [0.25, 0.3) is 0 Å². The molecule has 15 heavy (non-hydrogen) atoms. The number of benzene rings is 1. The third-order valence-corrected chi connectivity index (χ3v) is 4.03. The van der Waals surface area contributed by atoms with E-state index in [-0.39, 0.29) is 6.10 Å². The van der Waals surface area contributed by atoms with Crippen molar-refractivity contribution in [3.8, 4) is 0 Å². The minimum Gasteiger partial charge on any atom is -0.388 e. The van der Waals surface area contributed by atoms with Crippen molar-refractivity contribution in [3.05, 3.63) is 34.9 Å². The highest BCUT2D eigenvalue weighted by Crippen LogP contribution is 2.32. The number of aliphatic hydroxyl groups excluding tert-OH is 1. The minimum atomic E-state index is -0.256. The molecule has 0 amide bonds. The lowest BCUT2D eigenvalue weighted by Crippen LogP contribution is -2.01. The van der Waals surface area contributed by atoms with Gasteiger partial charge in [0.15, 0.2) is 0 Å². The van der Waals surface area contributed by atoms with Crippen molar-refractivity contribution >= 4 is 11.8 Å². The highest BCUT2D eigenvalue weighted by atomic mass is 32.2. The lowest BCUT2D eigenvalue weighted by atomic mass is 9.94.